The van der Waals surface area contributed by atoms with Gasteiger partial charge >= 0.3 is 0 Å². The highest BCUT2D eigenvalue weighted by atomic mass is 35.5. The number of nitrogens with zero attached hydrogens (tertiary/aromatic N) is 1. The van der Waals surface area contributed by atoms with Gasteiger partial charge in [-0.2, -0.15) is 0 Å². The Labute approximate surface area is 181 Å². The fourth-order valence-electron chi connectivity index (χ4n) is 3.25. The number of aromatic amines is 1. The fraction of sp³-hybridized carbons (Fsp3) is 0. The van der Waals surface area contributed by atoms with E-state index in [-0.39, 0.29) is 5.56 Å². The zero-order valence-corrected chi connectivity index (χ0v) is 17.2. The second-order valence-electron chi connectivity index (χ2n) is 6.69. The number of oxazole rings is 1. The lowest BCUT2D eigenvalue weighted by atomic mass is 10.1. The lowest BCUT2D eigenvalue weighted by Gasteiger charge is -2.01. The molecule has 3 aromatic carbocycles. The Morgan fingerprint density at radius 3 is 2.30 bits per heavy atom. The van der Waals surface area contributed by atoms with E-state index in [2.05, 4.69) is 4.98 Å². The van der Waals surface area contributed by atoms with Gasteiger partial charge in [0.15, 0.2) is 5.76 Å². The summed E-state index contributed by atoms with van der Waals surface area (Å²) < 4.78 is 6.12. The molecule has 5 aromatic rings. The lowest BCUT2D eigenvalue weighted by molar-refractivity contribution is 0.466. The van der Waals surface area contributed by atoms with Crippen molar-refractivity contribution in [1.82, 2.24) is 9.97 Å². The van der Waals surface area contributed by atoms with Gasteiger partial charge in [-0.1, -0.05) is 72.3 Å². The SMILES string of the molecule is O=c1[nH]c2ccc(Cl)cc2cc1Sc1nc(-c2ccccc2)c(-c2ccccc2)o1. The van der Waals surface area contributed by atoms with E-state index in [1.807, 2.05) is 66.7 Å². The van der Waals surface area contributed by atoms with Crippen LogP contribution in [0.4, 0.5) is 0 Å². The van der Waals surface area contributed by atoms with E-state index in [1.165, 1.54) is 11.8 Å². The number of halogens is 1. The van der Waals surface area contributed by atoms with Gasteiger partial charge < -0.3 is 9.40 Å². The average molecular weight is 431 g/mol. The monoisotopic (exact) mass is 430 g/mol. The molecule has 5 rings (SSSR count). The van der Waals surface area contributed by atoms with E-state index in [4.69, 9.17) is 21.0 Å². The van der Waals surface area contributed by atoms with Crippen molar-refractivity contribution >= 4 is 34.3 Å². The van der Waals surface area contributed by atoms with Gasteiger partial charge in [0.25, 0.3) is 10.8 Å². The van der Waals surface area contributed by atoms with Crippen LogP contribution in [-0.4, -0.2) is 9.97 Å². The van der Waals surface area contributed by atoms with E-state index in [9.17, 15) is 4.79 Å². The summed E-state index contributed by atoms with van der Waals surface area (Å²) in [4.78, 5) is 20.7. The first-order chi connectivity index (χ1) is 14.7. The summed E-state index contributed by atoms with van der Waals surface area (Å²) in [5.41, 5.74) is 3.15. The maximum Gasteiger partial charge on any atom is 0.262 e. The van der Waals surface area contributed by atoms with Crippen molar-refractivity contribution in [2.45, 2.75) is 10.1 Å². The van der Waals surface area contributed by atoms with E-state index < -0.39 is 0 Å². The molecule has 146 valence electrons. The Morgan fingerprint density at radius 1 is 0.867 bits per heavy atom. The summed E-state index contributed by atoms with van der Waals surface area (Å²) >= 11 is 7.30. The molecule has 0 saturated heterocycles. The van der Waals surface area contributed by atoms with Crippen LogP contribution >= 0.6 is 23.4 Å². The molecule has 0 bridgehead atoms. The van der Waals surface area contributed by atoms with Gasteiger partial charge in [0.05, 0.1) is 4.90 Å². The number of hydrogen-bond donors (Lipinski definition) is 1. The van der Waals surface area contributed by atoms with Crippen molar-refractivity contribution < 1.29 is 4.42 Å². The molecule has 0 unspecified atom stereocenters. The summed E-state index contributed by atoms with van der Waals surface area (Å²) in [7, 11) is 0. The summed E-state index contributed by atoms with van der Waals surface area (Å²) in [5.74, 6) is 0.671. The summed E-state index contributed by atoms with van der Waals surface area (Å²) in [6.07, 6.45) is 0. The minimum Gasteiger partial charge on any atom is -0.430 e. The molecule has 0 fully saturated rings. The molecule has 6 heteroatoms. The van der Waals surface area contributed by atoms with Crippen LogP contribution in [-0.2, 0) is 0 Å². The minimum absolute atomic E-state index is 0.199. The van der Waals surface area contributed by atoms with Crippen molar-refractivity contribution in [2.75, 3.05) is 0 Å². The molecule has 0 spiro atoms. The number of rotatable bonds is 4. The predicted molar refractivity (Wildman–Crippen MR) is 121 cm³/mol. The van der Waals surface area contributed by atoms with E-state index in [1.54, 1.807) is 18.2 Å². The van der Waals surface area contributed by atoms with Crippen molar-refractivity contribution in [1.29, 1.82) is 0 Å². The molecule has 2 heterocycles. The van der Waals surface area contributed by atoms with Crippen molar-refractivity contribution in [3.8, 4) is 22.6 Å². The van der Waals surface area contributed by atoms with Crippen LogP contribution in [0, 0.1) is 0 Å². The van der Waals surface area contributed by atoms with Gasteiger partial charge in [0, 0.05) is 27.1 Å². The third kappa shape index (κ3) is 3.65. The number of H-pyrrole nitrogens is 1. The van der Waals surface area contributed by atoms with Gasteiger partial charge in [-0.15, -0.1) is 0 Å². The van der Waals surface area contributed by atoms with Crippen LogP contribution in [0.5, 0.6) is 0 Å². The van der Waals surface area contributed by atoms with Crippen molar-refractivity contribution in [3.63, 3.8) is 0 Å². The molecule has 30 heavy (non-hydrogen) atoms. The third-order valence-corrected chi connectivity index (χ3v) is 5.77. The van der Waals surface area contributed by atoms with Crippen molar-refractivity contribution in [3.05, 3.63) is 100 Å². The molecule has 0 atom stereocenters. The Hall–Kier alpha value is -3.28. The number of benzene rings is 3. The van der Waals surface area contributed by atoms with Gasteiger partial charge in [-0.05, 0) is 36.0 Å². The van der Waals surface area contributed by atoms with E-state index in [0.717, 1.165) is 27.7 Å². The number of fused-ring (bicyclic) bond motifs is 1. The van der Waals surface area contributed by atoms with Crippen LogP contribution < -0.4 is 5.56 Å². The molecule has 4 nitrogen and oxygen atoms in total. The largest absolute Gasteiger partial charge is 0.430 e. The highest BCUT2D eigenvalue weighted by Crippen LogP contribution is 2.37. The molecule has 0 radical (unpaired) electrons. The Morgan fingerprint density at radius 2 is 1.57 bits per heavy atom. The quantitative estimate of drug-likeness (QED) is 0.346. The molecule has 1 N–H and O–H groups in total. The fourth-order valence-corrected chi connectivity index (χ4v) is 4.21. The number of aromatic nitrogens is 2. The second kappa shape index (κ2) is 7.86. The summed E-state index contributed by atoms with van der Waals surface area (Å²) in [6, 6.07) is 26.8. The first kappa shape index (κ1) is 18.7. The highest BCUT2D eigenvalue weighted by molar-refractivity contribution is 7.99. The first-order valence-electron chi connectivity index (χ1n) is 9.29. The molecule has 0 amide bonds. The van der Waals surface area contributed by atoms with Gasteiger partial charge in [-0.25, -0.2) is 4.98 Å². The smallest absolute Gasteiger partial charge is 0.262 e. The third-order valence-electron chi connectivity index (χ3n) is 4.66. The van der Waals surface area contributed by atoms with Gasteiger partial charge in [-0.3, -0.25) is 4.79 Å². The zero-order chi connectivity index (χ0) is 20.5. The molecular weight excluding hydrogens is 416 g/mol. The van der Waals surface area contributed by atoms with Crippen LogP contribution in [0.1, 0.15) is 0 Å². The Balaban J connectivity index is 1.60. The minimum atomic E-state index is -0.199. The Bertz CT molecular complexity index is 1340. The van der Waals surface area contributed by atoms with Crippen LogP contribution in [0.25, 0.3) is 33.5 Å². The van der Waals surface area contributed by atoms with Crippen LogP contribution in [0.15, 0.2) is 104 Å². The molecule has 0 aliphatic heterocycles. The second-order valence-corrected chi connectivity index (χ2v) is 8.12. The first-order valence-corrected chi connectivity index (χ1v) is 10.5. The molecular formula is C24H15ClN2O2S. The standard InChI is InChI=1S/C24H15ClN2O2S/c25-18-11-12-19-17(13-18)14-20(23(28)26-19)30-24-27-21(15-7-3-1-4-8-15)22(29-24)16-9-5-2-6-10-16/h1-14H,(H,26,28). The number of hydrogen-bond acceptors (Lipinski definition) is 4. The lowest BCUT2D eigenvalue weighted by Crippen LogP contribution is -2.07. The number of nitrogens with one attached hydrogen (secondary N) is 1. The van der Waals surface area contributed by atoms with E-state index >= 15 is 0 Å². The van der Waals surface area contributed by atoms with Crippen LogP contribution in [0.3, 0.4) is 0 Å². The molecule has 0 aliphatic rings. The maximum atomic E-state index is 12.6. The van der Waals surface area contributed by atoms with Crippen molar-refractivity contribution in [2.24, 2.45) is 0 Å². The topological polar surface area (TPSA) is 58.9 Å². The molecule has 0 saturated carbocycles. The molecule has 0 aliphatic carbocycles. The Kier molecular flexibility index (Phi) is 4.91. The zero-order valence-electron chi connectivity index (χ0n) is 15.6. The van der Waals surface area contributed by atoms with E-state index in [0.29, 0.717) is 20.9 Å². The van der Waals surface area contributed by atoms with Gasteiger partial charge in [0.2, 0.25) is 0 Å². The average Bonchev–Trinajstić information content (AvgIpc) is 3.20. The summed E-state index contributed by atoms with van der Waals surface area (Å²) in [5, 5.41) is 1.86. The predicted octanol–water partition coefficient (Wildman–Crippen LogP) is 6.65. The van der Waals surface area contributed by atoms with Crippen LogP contribution in [0.2, 0.25) is 5.02 Å². The summed E-state index contributed by atoms with van der Waals surface area (Å²) in [6.45, 7) is 0. The molecule has 2 aromatic heterocycles. The normalized spacial score (nSPS) is 11.1. The van der Waals surface area contributed by atoms with Gasteiger partial charge in [0.1, 0.15) is 5.69 Å². The highest BCUT2D eigenvalue weighted by Gasteiger charge is 2.18. The maximum absolute atomic E-state index is 12.6. The number of pyridine rings is 1.